The van der Waals surface area contributed by atoms with Crippen LogP contribution >= 0.6 is 11.6 Å². The van der Waals surface area contributed by atoms with Gasteiger partial charge in [-0.25, -0.2) is 9.48 Å². The molecule has 0 aliphatic rings. The van der Waals surface area contributed by atoms with Crippen LogP contribution < -0.4 is 0 Å². The summed E-state index contributed by atoms with van der Waals surface area (Å²) >= 11 is 6.35. The fourth-order valence-corrected chi connectivity index (χ4v) is 3.03. The maximum Gasteiger partial charge on any atom is 0.335 e. The quantitative estimate of drug-likeness (QED) is 0.717. The summed E-state index contributed by atoms with van der Waals surface area (Å²) in [6.45, 7) is 0.594. The van der Waals surface area contributed by atoms with Crippen molar-refractivity contribution in [3.63, 3.8) is 0 Å². The highest BCUT2D eigenvalue weighted by molar-refractivity contribution is 6.31. The highest BCUT2D eigenvalue weighted by Crippen LogP contribution is 2.27. The lowest BCUT2D eigenvalue weighted by Gasteiger charge is -2.25. The second-order valence-corrected chi connectivity index (χ2v) is 6.62. The van der Waals surface area contributed by atoms with E-state index in [4.69, 9.17) is 16.7 Å². The van der Waals surface area contributed by atoms with Crippen LogP contribution in [0.3, 0.4) is 0 Å². The molecule has 134 valence electrons. The van der Waals surface area contributed by atoms with Gasteiger partial charge in [0.2, 0.25) is 0 Å². The van der Waals surface area contributed by atoms with Crippen LogP contribution in [0.2, 0.25) is 5.02 Å². The Morgan fingerprint density at radius 1 is 1.19 bits per heavy atom. The molecule has 6 nitrogen and oxygen atoms in total. The van der Waals surface area contributed by atoms with Gasteiger partial charge in [-0.05, 0) is 37.9 Å². The minimum absolute atomic E-state index is 0.0487. The highest BCUT2D eigenvalue weighted by atomic mass is 35.5. The smallest absolute Gasteiger partial charge is 0.335 e. The normalized spacial score (nSPS) is 12.3. The fraction of sp³-hybridized carbons (Fsp3) is 0.211. The van der Waals surface area contributed by atoms with E-state index < -0.39 is 5.97 Å². The van der Waals surface area contributed by atoms with Crippen molar-refractivity contribution in [2.45, 2.75) is 12.6 Å². The number of nitrogens with zero attached hydrogens (tertiary/aromatic N) is 4. The predicted molar refractivity (Wildman–Crippen MR) is 100 cm³/mol. The first-order chi connectivity index (χ1) is 12.5. The van der Waals surface area contributed by atoms with Gasteiger partial charge >= 0.3 is 5.97 Å². The Morgan fingerprint density at radius 3 is 2.50 bits per heavy atom. The van der Waals surface area contributed by atoms with Crippen LogP contribution in [0.15, 0.2) is 54.7 Å². The van der Waals surface area contributed by atoms with Crippen LogP contribution in [0.1, 0.15) is 22.0 Å². The molecular formula is C19H19ClN4O2. The van der Waals surface area contributed by atoms with Crippen molar-refractivity contribution in [3.05, 3.63) is 70.9 Å². The monoisotopic (exact) mass is 370 g/mol. The van der Waals surface area contributed by atoms with Gasteiger partial charge in [-0.3, -0.25) is 0 Å². The van der Waals surface area contributed by atoms with Crippen molar-refractivity contribution in [1.82, 2.24) is 19.9 Å². The zero-order valence-corrected chi connectivity index (χ0v) is 15.3. The molecule has 0 aliphatic carbocycles. The average Bonchev–Trinajstić information content (AvgIpc) is 3.09. The Bertz CT molecular complexity index is 906. The Morgan fingerprint density at radius 2 is 1.88 bits per heavy atom. The average molecular weight is 371 g/mol. The van der Waals surface area contributed by atoms with Crippen molar-refractivity contribution >= 4 is 17.6 Å². The second-order valence-electron chi connectivity index (χ2n) is 6.21. The number of hydrogen-bond donors (Lipinski definition) is 1. The third kappa shape index (κ3) is 3.92. The van der Waals surface area contributed by atoms with Crippen LogP contribution in [0.4, 0.5) is 0 Å². The van der Waals surface area contributed by atoms with Gasteiger partial charge in [-0.15, -0.1) is 5.10 Å². The zero-order valence-electron chi connectivity index (χ0n) is 14.5. The lowest BCUT2D eigenvalue weighted by molar-refractivity contribution is 0.0697. The molecule has 2 aromatic carbocycles. The van der Waals surface area contributed by atoms with Gasteiger partial charge in [0.1, 0.15) is 5.69 Å². The molecule has 0 aliphatic heterocycles. The number of carboxylic acids is 1. The molecule has 7 heteroatoms. The summed E-state index contributed by atoms with van der Waals surface area (Å²) in [4.78, 5) is 13.0. The largest absolute Gasteiger partial charge is 0.478 e. The standard InChI is InChI=1S/C19H19ClN4O2/c1-23(2)18(15-5-3-4-6-16(15)20)12-24-11-17(21-22-24)13-7-9-14(10-8-13)19(25)26/h3-11,18H,12H2,1-2H3,(H,25,26)/t18-/m0/s1. The third-order valence-electron chi connectivity index (χ3n) is 4.21. The molecule has 0 saturated heterocycles. The lowest BCUT2D eigenvalue weighted by atomic mass is 10.1. The summed E-state index contributed by atoms with van der Waals surface area (Å²) in [5, 5.41) is 18.1. The highest BCUT2D eigenvalue weighted by Gasteiger charge is 2.18. The second kappa shape index (κ2) is 7.68. The number of aromatic nitrogens is 3. The number of rotatable bonds is 6. The number of hydrogen-bond acceptors (Lipinski definition) is 4. The Hall–Kier alpha value is -2.70. The van der Waals surface area contributed by atoms with Crippen molar-refractivity contribution in [3.8, 4) is 11.3 Å². The van der Waals surface area contributed by atoms with Crippen molar-refractivity contribution < 1.29 is 9.90 Å². The van der Waals surface area contributed by atoms with Gasteiger partial charge in [-0.2, -0.15) is 0 Å². The van der Waals surface area contributed by atoms with Gasteiger partial charge in [0, 0.05) is 10.6 Å². The Labute approximate surface area is 156 Å². The molecule has 3 rings (SSSR count). The summed E-state index contributed by atoms with van der Waals surface area (Å²) in [5.41, 5.74) is 2.79. The third-order valence-corrected chi connectivity index (χ3v) is 4.56. The van der Waals surface area contributed by atoms with Gasteiger partial charge in [-0.1, -0.05) is 47.1 Å². The predicted octanol–water partition coefficient (Wildman–Crippen LogP) is 3.60. The molecule has 26 heavy (non-hydrogen) atoms. The van der Waals surface area contributed by atoms with Crippen molar-refractivity contribution in [2.24, 2.45) is 0 Å². The molecule has 3 aromatic rings. The van der Waals surface area contributed by atoms with Crippen molar-refractivity contribution in [2.75, 3.05) is 14.1 Å². The molecule has 1 N–H and O–H groups in total. The first kappa shape index (κ1) is 18.1. The van der Waals surface area contributed by atoms with E-state index in [1.807, 2.05) is 44.6 Å². The molecule has 0 bridgehead atoms. The molecule has 0 amide bonds. The number of carboxylic acid groups (broad SMARTS) is 1. The number of halogens is 1. The van der Waals surface area contributed by atoms with E-state index in [1.165, 1.54) is 0 Å². The number of benzene rings is 2. The lowest BCUT2D eigenvalue weighted by Crippen LogP contribution is -2.25. The molecule has 1 atom stereocenters. The maximum atomic E-state index is 11.0. The zero-order chi connectivity index (χ0) is 18.7. The van der Waals surface area contributed by atoms with Gasteiger partial charge in [0.15, 0.2) is 0 Å². The van der Waals surface area contributed by atoms with Crippen molar-refractivity contribution in [1.29, 1.82) is 0 Å². The van der Waals surface area contributed by atoms with Crippen LogP contribution in [0, 0.1) is 0 Å². The number of likely N-dealkylation sites (N-methyl/N-ethyl adjacent to an activating group) is 1. The van der Waals surface area contributed by atoms with E-state index >= 15 is 0 Å². The van der Waals surface area contributed by atoms with E-state index in [-0.39, 0.29) is 11.6 Å². The molecular weight excluding hydrogens is 352 g/mol. The summed E-state index contributed by atoms with van der Waals surface area (Å²) in [5.74, 6) is -0.950. The molecule has 0 saturated carbocycles. The van der Waals surface area contributed by atoms with E-state index in [2.05, 4.69) is 15.2 Å². The molecule has 0 radical (unpaired) electrons. The van der Waals surface area contributed by atoms with Gasteiger partial charge in [0.25, 0.3) is 0 Å². The minimum Gasteiger partial charge on any atom is -0.478 e. The molecule has 0 unspecified atom stereocenters. The van der Waals surface area contributed by atoms with Gasteiger partial charge < -0.3 is 10.0 Å². The Kier molecular flexibility index (Phi) is 5.35. The van der Waals surface area contributed by atoms with Crippen LogP contribution in [0.5, 0.6) is 0 Å². The molecule has 0 fully saturated rings. The fourth-order valence-electron chi connectivity index (χ4n) is 2.77. The van der Waals surface area contributed by atoms with E-state index in [0.717, 1.165) is 16.1 Å². The first-order valence-corrected chi connectivity index (χ1v) is 8.48. The SMILES string of the molecule is CN(C)[C@@H](Cn1cc(-c2ccc(C(=O)O)cc2)nn1)c1ccccc1Cl. The first-order valence-electron chi connectivity index (χ1n) is 8.10. The van der Waals surface area contributed by atoms with Crippen LogP contribution in [0.25, 0.3) is 11.3 Å². The summed E-state index contributed by atoms with van der Waals surface area (Å²) in [6, 6.07) is 14.4. The van der Waals surface area contributed by atoms with E-state index in [0.29, 0.717) is 12.2 Å². The minimum atomic E-state index is -0.950. The number of carbonyl (C=O) groups is 1. The topological polar surface area (TPSA) is 71.2 Å². The molecule has 1 heterocycles. The van der Waals surface area contributed by atoms with Crippen LogP contribution in [-0.4, -0.2) is 45.1 Å². The maximum absolute atomic E-state index is 11.0. The van der Waals surface area contributed by atoms with Gasteiger partial charge in [0.05, 0.1) is 24.3 Å². The van der Waals surface area contributed by atoms with E-state index in [1.54, 1.807) is 28.9 Å². The summed E-state index contributed by atoms with van der Waals surface area (Å²) in [6.07, 6.45) is 1.85. The summed E-state index contributed by atoms with van der Waals surface area (Å²) in [7, 11) is 3.99. The Balaban J connectivity index is 1.82. The summed E-state index contributed by atoms with van der Waals surface area (Å²) < 4.78 is 1.77. The molecule has 0 spiro atoms. The number of aromatic carboxylic acids is 1. The van der Waals surface area contributed by atoms with Crippen LogP contribution in [-0.2, 0) is 6.54 Å². The van der Waals surface area contributed by atoms with E-state index in [9.17, 15) is 4.79 Å². The molecule has 1 aromatic heterocycles.